The summed E-state index contributed by atoms with van der Waals surface area (Å²) in [5, 5.41) is 3.55. The summed E-state index contributed by atoms with van der Waals surface area (Å²) in [4.78, 5) is 4.22. The van der Waals surface area contributed by atoms with E-state index in [0.717, 1.165) is 0 Å². The average Bonchev–Trinajstić information content (AvgIpc) is 3.15. The van der Waals surface area contributed by atoms with E-state index in [4.69, 9.17) is 0 Å². The lowest BCUT2D eigenvalue weighted by Crippen LogP contribution is -2.07. The quantitative estimate of drug-likeness (QED) is 0.627. The van der Waals surface area contributed by atoms with Crippen molar-refractivity contribution in [3.8, 4) is 0 Å². The minimum Gasteiger partial charge on any atom is -0.323 e. The van der Waals surface area contributed by atoms with Gasteiger partial charge in [-0.25, -0.2) is 4.98 Å². The van der Waals surface area contributed by atoms with Gasteiger partial charge in [0.05, 0.1) is 21.5 Å². The third kappa shape index (κ3) is 2.55. The van der Waals surface area contributed by atoms with E-state index in [2.05, 4.69) is 77.8 Å². The van der Waals surface area contributed by atoms with E-state index in [1.165, 1.54) is 21.9 Å². The molecule has 1 aliphatic rings. The van der Waals surface area contributed by atoms with Crippen molar-refractivity contribution in [3.05, 3.63) is 66.2 Å². The number of nitrogens with zero attached hydrogens (tertiary/aromatic N) is 2. The third-order valence-corrected chi connectivity index (χ3v) is 7.32. The molecule has 1 aromatic heterocycles. The number of hydrogen-bond donors (Lipinski definition) is 0. The van der Waals surface area contributed by atoms with Crippen LogP contribution >= 0.6 is 23.5 Å². The molecule has 0 aliphatic carbocycles. The fourth-order valence-corrected chi connectivity index (χ4v) is 6.32. The van der Waals surface area contributed by atoms with Crippen LogP contribution in [0.4, 0.5) is 0 Å². The van der Waals surface area contributed by atoms with Gasteiger partial charge in [0.2, 0.25) is 0 Å². The first-order valence-electron chi connectivity index (χ1n) is 7.49. The number of benzene rings is 2. The molecular formula is C18H18N2S2. The second-order valence-corrected chi connectivity index (χ2v) is 9.02. The van der Waals surface area contributed by atoms with E-state index in [1.807, 2.05) is 24.3 Å². The van der Waals surface area contributed by atoms with Gasteiger partial charge >= 0.3 is 0 Å². The molecule has 3 atom stereocenters. The molecule has 1 saturated heterocycles. The fourth-order valence-electron chi connectivity index (χ4n) is 3.02. The number of thioether (sulfide) groups is 2. The molecule has 0 bridgehead atoms. The molecule has 22 heavy (non-hydrogen) atoms. The van der Waals surface area contributed by atoms with Crippen molar-refractivity contribution in [2.45, 2.75) is 29.1 Å². The van der Waals surface area contributed by atoms with Crippen molar-refractivity contribution in [2.24, 2.45) is 0 Å². The zero-order valence-corrected chi connectivity index (χ0v) is 14.3. The van der Waals surface area contributed by atoms with Crippen LogP contribution in [0.1, 0.15) is 28.7 Å². The first kappa shape index (κ1) is 14.2. The Balaban J connectivity index is 1.74. The third-order valence-electron chi connectivity index (χ3n) is 4.10. The van der Waals surface area contributed by atoms with Crippen LogP contribution in [-0.4, -0.2) is 14.1 Å². The Labute approximate surface area is 139 Å². The van der Waals surface area contributed by atoms with Crippen LogP contribution in [0.2, 0.25) is 0 Å². The van der Waals surface area contributed by atoms with E-state index in [1.54, 1.807) is 0 Å². The normalized spacial score (nSPS) is 24.9. The highest BCUT2D eigenvalue weighted by Gasteiger charge is 2.35. The first-order chi connectivity index (χ1) is 10.7. The Kier molecular flexibility index (Phi) is 3.66. The van der Waals surface area contributed by atoms with Crippen molar-refractivity contribution in [3.63, 3.8) is 0 Å². The van der Waals surface area contributed by atoms with Gasteiger partial charge < -0.3 is 4.57 Å². The van der Waals surface area contributed by atoms with Gasteiger partial charge in [0, 0.05) is 12.4 Å². The molecule has 3 aromatic rings. The van der Waals surface area contributed by atoms with Crippen molar-refractivity contribution >= 4 is 34.3 Å². The minimum atomic E-state index is 0.422. The average molecular weight is 326 g/mol. The van der Waals surface area contributed by atoms with Crippen molar-refractivity contribution < 1.29 is 0 Å². The molecule has 112 valence electrons. The highest BCUT2D eigenvalue weighted by atomic mass is 32.2. The lowest BCUT2D eigenvalue weighted by atomic mass is 10.0. The molecule has 0 radical (unpaired) electrons. The first-order valence-corrected chi connectivity index (χ1v) is 9.38. The van der Waals surface area contributed by atoms with Crippen LogP contribution in [-0.2, 0) is 0 Å². The molecule has 2 aromatic carbocycles. The van der Waals surface area contributed by atoms with E-state index < -0.39 is 0 Å². The maximum absolute atomic E-state index is 4.22. The second kappa shape index (κ2) is 5.67. The Morgan fingerprint density at radius 3 is 2.68 bits per heavy atom. The molecule has 4 heteroatoms. The SMILES string of the molecule is Cc1ccc2cc(C3SC(C)SC3n3ccnc3)ccc2c1. The Morgan fingerprint density at radius 2 is 1.86 bits per heavy atom. The maximum Gasteiger partial charge on any atom is 0.0973 e. The summed E-state index contributed by atoms with van der Waals surface area (Å²) >= 11 is 4.07. The van der Waals surface area contributed by atoms with E-state index in [-0.39, 0.29) is 0 Å². The smallest absolute Gasteiger partial charge is 0.0973 e. The standard InChI is InChI=1S/C18H18N2S2/c1-12-3-4-15-10-16(6-5-14(15)9-12)17-18(22-13(2)21-17)20-8-7-19-11-20/h3-11,13,17-18H,1-2H3. The number of fused-ring (bicyclic) bond motifs is 1. The molecule has 2 nitrogen and oxygen atoms in total. The highest BCUT2D eigenvalue weighted by Crippen LogP contribution is 2.57. The van der Waals surface area contributed by atoms with E-state index >= 15 is 0 Å². The predicted molar refractivity (Wildman–Crippen MR) is 97.3 cm³/mol. The Bertz CT molecular complexity index is 798. The summed E-state index contributed by atoms with van der Waals surface area (Å²) in [5.74, 6) is 0. The molecule has 0 spiro atoms. The summed E-state index contributed by atoms with van der Waals surface area (Å²) in [6.45, 7) is 4.44. The predicted octanol–water partition coefficient (Wildman–Crippen LogP) is 5.41. The zero-order chi connectivity index (χ0) is 15.1. The van der Waals surface area contributed by atoms with Gasteiger partial charge in [0.1, 0.15) is 0 Å². The van der Waals surface area contributed by atoms with Gasteiger partial charge in [-0.3, -0.25) is 0 Å². The van der Waals surface area contributed by atoms with Crippen LogP contribution in [0.25, 0.3) is 10.8 Å². The maximum atomic E-state index is 4.22. The fraction of sp³-hybridized carbons (Fsp3) is 0.278. The summed E-state index contributed by atoms with van der Waals surface area (Å²) in [6.07, 6.45) is 5.88. The topological polar surface area (TPSA) is 17.8 Å². The largest absolute Gasteiger partial charge is 0.323 e. The van der Waals surface area contributed by atoms with Gasteiger partial charge in [-0.15, -0.1) is 23.5 Å². The van der Waals surface area contributed by atoms with Crippen LogP contribution < -0.4 is 0 Å². The second-order valence-electron chi connectivity index (χ2n) is 5.77. The lowest BCUT2D eigenvalue weighted by molar-refractivity contribution is 0.670. The molecule has 0 saturated carbocycles. The summed E-state index contributed by atoms with van der Waals surface area (Å²) in [5.41, 5.74) is 2.73. The molecule has 1 fully saturated rings. The lowest BCUT2D eigenvalue weighted by Gasteiger charge is -2.20. The molecule has 1 aliphatic heterocycles. The molecule has 0 amide bonds. The van der Waals surface area contributed by atoms with Crippen molar-refractivity contribution in [1.29, 1.82) is 0 Å². The minimum absolute atomic E-state index is 0.422. The number of rotatable bonds is 2. The molecular weight excluding hydrogens is 308 g/mol. The van der Waals surface area contributed by atoms with Crippen LogP contribution in [0, 0.1) is 6.92 Å². The number of hydrogen-bond acceptors (Lipinski definition) is 3. The van der Waals surface area contributed by atoms with Gasteiger partial charge in [0.15, 0.2) is 0 Å². The van der Waals surface area contributed by atoms with E-state index in [0.29, 0.717) is 15.2 Å². The van der Waals surface area contributed by atoms with Crippen LogP contribution in [0.5, 0.6) is 0 Å². The number of aromatic nitrogens is 2. The van der Waals surface area contributed by atoms with Crippen LogP contribution in [0.15, 0.2) is 55.1 Å². The summed E-state index contributed by atoms with van der Waals surface area (Å²) < 4.78 is 2.84. The van der Waals surface area contributed by atoms with Crippen LogP contribution in [0.3, 0.4) is 0 Å². The van der Waals surface area contributed by atoms with Gasteiger partial charge in [-0.05, 0) is 36.2 Å². The van der Waals surface area contributed by atoms with Gasteiger partial charge in [0.25, 0.3) is 0 Å². The zero-order valence-electron chi connectivity index (χ0n) is 12.6. The Hall–Kier alpha value is -1.39. The molecule has 4 rings (SSSR count). The summed E-state index contributed by atoms with van der Waals surface area (Å²) in [7, 11) is 0. The monoisotopic (exact) mass is 326 g/mol. The molecule has 3 unspecified atom stereocenters. The van der Waals surface area contributed by atoms with E-state index in [9.17, 15) is 0 Å². The van der Waals surface area contributed by atoms with Gasteiger partial charge in [-0.1, -0.05) is 35.9 Å². The Morgan fingerprint density at radius 1 is 1.05 bits per heavy atom. The number of aryl methyl sites for hydroxylation is 1. The molecule has 2 heterocycles. The van der Waals surface area contributed by atoms with Crippen molar-refractivity contribution in [2.75, 3.05) is 0 Å². The highest BCUT2D eigenvalue weighted by molar-refractivity contribution is 8.20. The van der Waals surface area contributed by atoms with Crippen molar-refractivity contribution in [1.82, 2.24) is 9.55 Å². The summed E-state index contributed by atoms with van der Waals surface area (Å²) in [6, 6.07) is 13.6. The molecule has 0 N–H and O–H groups in total. The number of imidazole rings is 1. The van der Waals surface area contributed by atoms with Gasteiger partial charge in [-0.2, -0.15) is 0 Å².